The summed E-state index contributed by atoms with van der Waals surface area (Å²) in [7, 11) is -21.8. The molecule has 2 atom stereocenters. The van der Waals surface area contributed by atoms with Gasteiger partial charge in [0.05, 0.1) is 19.8 Å². The Labute approximate surface area is 218 Å². The standard InChI is InChI=1S/C21H24O13P4/c22-35(23,24)32-36(25,26)33-38(28,31-18-21-14-8-3-9-15-21)34-37(27,29-16-19-10-4-1-5-11-19)30-17-20-12-6-2-7-13-20/h1-15H,16-18H2,(H,25,26)(H2,22,23,24). The van der Waals surface area contributed by atoms with Crippen LogP contribution in [0.4, 0.5) is 0 Å². The summed E-state index contributed by atoms with van der Waals surface area (Å²) in [4.78, 5) is 27.6. The summed E-state index contributed by atoms with van der Waals surface area (Å²) in [5, 5.41) is 0. The van der Waals surface area contributed by atoms with Crippen molar-refractivity contribution in [1.82, 2.24) is 0 Å². The second-order valence-corrected chi connectivity index (χ2v) is 13.8. The molecule has 2 unspecified atom stereocenters. The Hall–Kier alpha value is -1.78. The van der Waals surface area contributed by atoms with E-state index in [2.05, 4.69) is 8.62 Å². The molecule has 0 radical (unpaired) electrons. The van der Waals surface area contributed by atoms with Crippen molar-refractivity contribution in [3.63, 3.8) is 0 Å². The SMILES string of the molecule is O=P(O)(O)OP(=O)(O)OP(=O)(OCc1ccccc1)OP(=O)(OCc1ccccc1)OCc1ccccc1. The van der Waals surface area contributed by atoms with Gasteiger partial charge < -0.3 is 14.7 Å². The highest BCUT2D eigenvalue weighted by Crippen LogP contribution is 2.74. The van der Waals surface area contributed by atoms with E-state index in [0.717, 1.165) is 0 Å². The Morgan fingerprint density at radius 2 is 0.816 bits per heavy atom. The molecule has 0 spiro atoms. The van der Waals surface area contributed by atoms with Crippen LogP contribution in [0.15, 0.2) is 91.0 Å². The topological polar surface area (TPSA) is 184 Å². The first-order valence-electron chi connectivity index (χ1n) is 10.6. The molecule has 17 heteroatoms. The highest BCUT2D eigenvalue weighted by molar-refractivity contribution is 7.70. The molecule has 0 saturated heterocycles. The van der Waals surface area contributed by atoms with Crippen molar-refractivity contribution in [2.75, 3.05) is 0 Å². The molecule has 38 heavy (non-hydrogen) atoms. The van der Waals surface area contributed by atoms with Crippen LogP contribution < -0.4 is 0 Å². The van der Waals surface area contributed by atoms with E-state index in [9.17, 15) is 23.2 Å². The van der Waals surface area contributed by atoms with Crippen LogP contribution in [0.5, 0.6) is 0 Å². The van der Waals surface area contributed by atoms with Gasteiger partial charge in [-0.3, -0.25) is 13.6 Å². The van der Waals surface area contributed by atoms with Crippen molar-refractivity contribution in [3.8, 4) is 0 Å². The summed E-state index contributed by atoms with van der Waals surface area (Å²) in [6.07, 6.45) is 0. The van der Waals surface area contributed by atoms with Crippen LogP contribution in [0, 0.1) is 0 Å². The molecule has 3 aromatic carbocycles. The Kier molecular flexibility index (Phi) is 10.9. The van der Waals surface area contributed by atoms with E-state index in [4.69, 9.17) is 27.7 Å². The third kappa shape index (κ3) is 11.1. The van der Waals surface area contributed by atoms with E-state index in [0.29, 0.717) is 16.7 Å². The lowest BCUT2D eigenvalue weighted by atomic mass is 10.2. The third-order valence-electron chi connectivity index (χ3n) is 4.31. The molecule has 3 N–H and O–H groups in total. The normalized spacial score (nSPS) is 15.4. The second-order valence-electron chi connectivity index (χ2n) is 7.38. The van der Waals surface area contributed by atoms with E-state index in [-0.39, 0.29) is 13.2 Å². The van der Waals surface area contributed by atoms with Gasteiger partial charge in [0.25, 0.3) is 0 Å². The molecule has 0 aliphatic carbocycles. The van der Waals surface area contributed by atoms with Gasteiger partial charge in [-0.25, -0.2) is 18.3 Å². The maximum atomic E-state index is 13.6. The third-order valence-corrected chi connectivity index (χ3v) is 10.5. The van der Waals surface area contributed by atoms with Crippen molar-refractivity contribution in [2.24, 2.45) is 0 Å². The van der Waals surface area contributed by atoms with Crippen LogP contribution in [-0.2, 0) is 64.6 Å². The summed E-state index contributed by atoms with van der Waals surface area (Å²) in [5.41, 5.74) is 1.41. The van der Waals surface area contributed by atoms with Crippen LogP contribution in [0.25, 0.3) is 0 Å². The minimum Gasteiger partial charge on any atom is -0.302 e. The molecular weight excluding hydrogens is 584 g/mol. The molecule has 0 aliphatic rings. The van der Waals surface area contributed by atoms with E-state index >= 15 is 0 Å². The quantitative estimate of drug-likeness (QED) is 0.168. The molecule has 0 amide bonds. The lowest BCUT2D eigenvalue weighted by Crippen LogP contribution is -2.05. The molecule has 3 aromatic rings. The van der Waals surface area contributed by atoms with Crippen molar-refractivity contribution >= 4 is 31.3 Å². The lowest BCUT2D eigenvalue weighted by Gasteiger charge is -2.24. The Bertz CT molecular complexity index is 1300. The van der Waals surface area contributed by atoms with Gasteiger partial charge in [-0.1, -0.05) is 91.0 Å². The van der Waals surface area contributed by atoms with Crippen molar-refractivity contribution < 1.29 is 59.4 Å². The molecule has 206 valence electrons. The smallest absolute Gasteiger partial charge is 0.302 e. The Morgan fingerprint density at radius 3 is 1.16 bits per heavy atom. The maximum Gasteiger partial charge on any atom is 0.492 e. The molecule has 0 aliphatic heterocycles. The summed E-state index contributed by atoms with van der Waals surface area (Å²) >= 11 is 0. The van der Waals surface area contributed by atoms with Gasteiger partial charge in [0.2, 0.25) is 0 Å². The number of benzene rings is 3. The fraction of sp³-hybridized carbons (Fsp3) is 0.143. The summed E-state index contributed by atoms with van der Waals surface area (Å²) in [6, 6.07) is 24.6. The predicted octanol–water partition coefficient (Wildman–Crippen LogP) is 6.10. The fourth-order valence-corrected chi connectivity index (χ4v) is 8.32. The summed E-state index contributed by atoms with van der Waals surface area (Å²) in [6.45, 7) is -1.31. The zero-order chi connectivity index (χ0) is 27.7. The number of rotatable bonds is 15. The molecule has 0 bridgehead atoms. The Morgan fingerprint density at radius 1 is 0.474 bits per heavy atom. The first kappa shape index (κ1) is 30.8. The largest absolute Gasteiger partial charge is 0.492 e. The highest BCUT2D eigenvalue weighted by atomic mass is 31.3. The predicted molar refractivity (Wildman–Crippen MR) is 134 cm³/mol. The summed E-state index contributed by atoms with van der Waals surface area (Å²) < 4.78 is 79.2. The fourth-order valence-electron chi connectivity index (χ4n) is 2.73. The van der Waals surface area contributed by atoms with Crippen LogP contribution in [0.3, 0.4) is 0 Å². The zero-order valence-electron chi connectivity index (χ0n) is 19.5. The van der Waals surface area contributed by atoms with Gasteiger partial charge in [-0.05, 0) is 16.7 Å². The average Bonchev–Trinajstić information content (AvgIpc) is 2.85. The van der Waals surface area contributed by atoms with Gasteiger partial charge in [0.15, 0.2) is 0 Å². The molecule has 0 saturated carbocycles. The van der Waals surface area contributed by atoms with Gasteiger partial charge in [0, 0.05) is 0 Å². The minimum absolute atomic E-state index is 0.374. The highest BCUT2D eigenvalue weighted by Gasteiger charge is 2.48. The lowest BCUT2D eigenvalue weighted by molar-refractivity contribution is 0.113. The van der Waals surface area contributed by atoms with Crippen molar-refractivity contribution in [2.45, 2.75) is 19.8 Å². The summed E-state index contributed by atoms with van der Waals surface area (Å²) in [5.74, 6) is 0. The number of hydrogen-bond acceptors (Lipinski definition) is 10. The van der Waals surface area contributed by atoms with Crippen LogP contribution in [-0.4, -0.2) is 14.7 Å². The first-order valence-corrected chi connectivity index (χ1v) is 16.6. The monoisotopic (exact) mass is 608 g/mol. The van der Waals surface area contributed by atoms with E-state index in [1.165, 1.54) is 12.1 Å². The number of phosphoric acid groups is 4. The van der Waals surface area contributed by atoms with Gasteiger partial charge in [0.1, 0.15) is 0 Å². The number of phosphoric ester groups is 1. The van der Waals surface area contributed by atoms with E-state index < -0.39 is 37.9 Å². The van der Waals surface area contributed by atoms with Gasteiger partial charge >= 0.3 is 31.3 Å². The number of hydrogen-bond donors (Lipinski definition) is 3. The van der Waals surface area contributed by atoms with Crippen molar-refractivity contribution in [3.05, 3.63) is 108 Å². The van der Waals surface area contributed by atoms with Crippen LogP contribution in [0.2, 0.25) is 0 Å². The molecule has 0 aromatic heterocycles. The van der Waals surface area contributed by atoms with E-state index in [1.807, 2.05) is 0 Å². The van der Waals surface area contributed by atoms with Crippen LogP contribution >= 0.6 is 31.3 Å². The van der Waals surface area contributed by atoms with Gasteiger partial charge in [-0.2, -0.15) is 12.9 Å². The van der Waals surface area contributed by atoms with Crippen LogP contribution in [0.1, 0.15) is 16.7 Å². The first-order chi connectivity index (χ1) is 17.9. The molecular formula is C21H24O13P4. The van der Waals surface area contributed by atoms with E-state index in [1.54, 1.807) is 78.9 Å². The second kappa shape index (κ2) is 13.5. The Balaban J connectivity index is 1.89. The molecule has 0 fully saturated rings. The molecule has 0 heterocycles. The molecule has 13 nitrogen and oxygen atoms in total. The zero-order valence-corrected chi connectivity index (χ0v) is 23.1. The maximum absolute atomic E-state index is 13.6. The minimum atomic E-state index is -5.81. The van der Waals surface area contributed by atoms with Gasteiger partial charge in [-0.15, -0.1) is 0 Å². The van der Waals surface area contributed by atoms with Crippen molar-refractivity contribution in [1.29, 1.82) is 0 Å². The molecule has 3 rings (SSSR count). The average molecular weight is 608 g/mol.